The summed E-state index contributed by atoms with van der Waals surface area (Å²) >= 11 is 4.19. The Morgan fingerprint density at radius 1 is 0.704 bits per heavy atom. The molecule has 0 unspecified atom stereocenters. The van der Waals surface area contributed by atoms with Gasteiger partial charge >= 0.3 is 11.4 Å². The Morgan fingerprint density at radius 2 is 1.04 bits per heavy atom. The summed E-state index contributed by atoms with van der Waals surface area (Å²) in [5, 5.41) is 23.4. The number of hydrogen-bond acceptors (Lipinski definition) is 7. The maximum Gasteiger partial charge on any atom is 0.365 e. The van der Waals surface area contributed by atoms with Gasteiger partial charge in [-0.05, 0) is 47.9 Å². The molecule has 138 valence electrons. The van der Waals surface area contributed by atoms with Crippen LogP contribution in [0.5, 0.6) is 0 Å². The molecule has 3 aromatic rings. The van der Waals surface area contributed by atoms with Crippen LogP contribution in [0.3, 0.4) is 0 Å². The van der Waals surface area contributed by atoms with Crippen LogP contribution in [0, 0.1) is 20.2 Å². The molecule has 0 amide bonds. The summed E-state index contributed by atoms with van der Waals surface area (Å²) in [5.41, 5.74) is 0.288. The molecule has 2 aromatic carbocycles. The van der Waals surface area contributed by atoms with Crippen LogP contribution in [0.2, 0.25) is 0 Å². The molecule has 0 saturated heterocycles. The monoisotopic (exact) mass is 418 g/mol. The summed E-state index contributed by atoms with van der Waals surface area (Å²) in [6, 6.07) is 14.4. The molecule has 1 heterocycles. The second-order valence-corrected chi connectivity index (χ2v) is 8.21. The van der Waals surface area contributed by atoms with E-state index in [-0.39, 0.29) is 0 Å². The molecule has 0 atom stereocenters. The number of thiophene rings is 1. The SMILES string of the molecule is CSc1ccc(-c2sc(-c3ccc(SC)cc3)c([N+](=O)[O-])c2[N+](=O)[O-])cc1. The van der Waals surface area contributed by atoms with E-state index in [1.54, 1.807) is 47.8 Å². The molecule has 0 aliphatic rings. The zero-order valence-electron chi connectivity index (χ0n) is 14.4. The van der Waals surface area contributed by atoms with Crippen molar-refractivity contribution in [1.82, 2.24) is 0 Å². The van der Waals surface area contributed by atoms with Gasteiger partial charge in [0, 0.05) is 9.79 Å². The first-order valence-corrected chi connectivity index (χ1v) is 11.0. The van der Waals surface area contributed by atoms with Gasteiger partial charge in [0.25, 0.3) is 0 Å². The lowest BCUT2D eigenvalue weighted by molar-refractivity contribution is -0.420. The lowest BCUT2D eigenvalue weighted by Crippen LogP contribution is -1.95. The highest BCUT2D eigenvalue weighted by atomic mass is 32.2. The molecule has 0 N–H and O–H groups in total. The molecule has 3 rings (SSSR count). The van der Waals surface area contributed by atoms with Crippen molar-refractivity contribution in [3.05, 3.63) is 68.8 Å². The van der Waals surface area contributed by atoms with Crippen molar-refractivity contribution < 1.29 is 9.85 Å². The zero-order valence-corrected chi connectivity index (χ0v) is 16.8. The van der Waals surface area contributed by atoms with E-state index in [0.717, 1.165) is 21.1 Å². The fourth-order valence-corrected chi connectivity index (χ4v) is 4.69. The molecule has 0 aliphatic heterocycles. The Hall–Kier alpha value is -2.36. The Balaban J connectivity index is 2.24. The fourth-order valence-electron chi connectivity index (χ4n) is 2.63. The van der Waals surface area contributed by atoms with Crippen LogP contribution in [0.4, 0.5) is 11.4 Å². The maximum absolute atomic E-state index is 11.7. The van der Waals surface area contributed by atoms with Crippen LogP contribution in [0.1, 0.15) is 0 Å². The second kappa shape index (κ2) is 8.12. The number of rotatable bonds is 6. The van der Waals surface area contributed by atoms with Gasteiger partial charge in [-0.3, -0.25) is 20.2 Å². The van der Waals surface area contributed by atoms with Gasteiger partial charge in [-0.25, -0.2) is 0 Å². The van der Waals surface area contributed by atoms with E-state index in [2.05, 4.69) is 0 Å². The topological polar surface area (TPSA) is 86.3 Å². The average Bonchev–Trinajstić information content (AvgIpc) is 3.09. The maximum atomic E-state index is 11.7. The van der Waals surface area contributed by atoms with E-state index >= 15 is 0 Å². The van der Waals surface area contributed by atoms with Crippen molar-refractivity contribution in [2.45, 2.75) is 9.79 Å². The third kappa shape index (κ3) is 3.85. The largest absolute Gasteiger partial charge is 0.365 e. The first kappa shape index (κ1) is 19.4. The highest BCUT2D eigenvalue weighted by Gasteiger charge is 2.37. The summed E-state index contributed by atoms with van der Waals surface area (Å²) < 4.78 is 0. The first-order chi connectivity index (χ1) is 13.0. The van der Waals surface area contributed by atoms with Gasteiger partial charge in [0.2, 0.25) is 0 Å². The van der Waals surface area contributed by atoms with E-state index in [4.69, 9.17) is 0 Å². The highest BCUT2D eigenvalue weighted by molar-refractivity contribution is 7.98. The third-order valence-corrected chi connectivity index (χ3v) is 6.68. The molecule has 6 nitrogen and oxygen atoms in total. The van der Waals surface area contributed by atoms with Crippen molar-refractivity contribution in [1.29, 1.82) is 0 Å². The van der Waals surface area contributed by atoms with Gasteiger partial charge in [0.1, 0.15) is 9.75 Å². The molecule has 0 bridgehead atoms. The van der Waals surface area contributed by atoms with Gasteiger partial charge in [-0.15, -0.1) is 34.9 Å². The number of hydrogen-bond donors (Lipinski definition) is 0. The van der Waals surface area contributed by atoms with Gasteiger partial charge in [-0.2, -0.15) is 0 Å². The normalized spacial score (nSPS) is 10.7. The van der Waals surface area contributed by atoms with E-state index in [1.807, 2.05) is 36.8 Å². The van der Waals surface area contributed by atoms with Gasteiger partial charge in [0.15, 0.2) is 0 Å². The molecule has 0 aliphatic carbocycles. The Kier molecular flexibility index (Phi) is 5.83. The average molecular weight is 419 g/mol. The van der Waals surface area contributed by atoms with Gasteiger partial charge in [-0.1, -0.05) is 24.3 Å². The quantitative estimate of drug-likeness (QED) is 0.264. The molecular weight excluding hydrogens is 404 g/mol. The van der Waals surface area contributed by atoms with Crippen molar-refractivity contribution in [2.75, 3.05) is 12.5 Å². The molecule has 0 fully saturated rings. The van der Waals surface area contributed by atoms with Crippen LogP contribution in [-0.4, -0.2) is 22.4 Å². The van der Waals surface area contributed by atoms with Gasteiger partial charge < -0.3 is 0 Å². The third-order valence-electron chi connectivity index (χ3n) is 3.93. The molecule has 0 radical (unpaired) electrons. The summed E-state index contributed by atoms with van der Waals surface area (Å²) in [7, 11) is 0. The van der Waals surface area contributed by atoms with Crippen LogP contribution in [0.15, 0.2) is 58.3 Å². The minimum absolute atomic E-state index is 0.295. The van der Waals surface area contributed by atoms with Crippen molar-refractivity contribution in [2.24, 2.45) is 0 Å². The van der Waals surface area contributed by atoms with Crippen LogP contribution >= 0.6 is 34.9 Å². The summed E-state index contributed by atoms with van der Waals surface area (Å²) in [6.07, 6.45) is 3.87. The minimum Gasteiger partial charge on any atom is -0.258 e. The van der Waals surface area contributed by atoms with Crippen LogP contribution in [-0.2, 0) is 0 Å². The molecule has 0 saturated carbocycles. The predicted octanol–water partition coefficient (Wildman–Crippen LogP) is 6.34. The number of benzene rings is 2. The summed E-state index contributed by atoms with van der Waals surface area (Å²) in [5.74, 6) is 0. The number of nitrogens with zero attached hydrogens (tertiary/aromatic N) is 2. The fraction of sp³-hybridized carbons (Fsp3) is 0.111. The summed E-state index contributed by atoms with van der Waals surface area (Å²) in [4.78, 5) is 24.7. The standard InChI is InChI=1S/C18H14N2O4S3/c1-25-13-7-3-11(4-8-13)17-15(19(21)22)16(20(23)24)18(27-17)12-5-9-14(26-2)10-6-12/h3-10H,1-2H3. The highest BCUT2D eigenvalue weighted by Crippen LogP contribution is 2.51. The first-order valence-electron chi connectivity index (χ1n) is 7.70. The summed E-state index contributed by atoms with van der Waals surface area (Å²) in [6.45, 7) is 0. The Bertz CT molecular complexity index is 919. The molecular formula is C18H14N2O4S3. The van der Waals surface area contributed by atoms with E-state index in [9.17, 15) is 20.2 Å². The Morgan fingerprint density at radius 3 is 1.30 bits per heavy atom. The van der Waals surface area contributed by atoms with E-state index < -0.39 is 21.2 Å². The van der Waals surface area contributed by atoms with Crippen molar-refractivity contribution in [3.63, 3.8) is 0 Å². The second-order valence-electron chi connectivity index (χ2n) is 5.43. The predicted molar refractivity (Wildman–Crippen MR) is 112 cm³/mol. The molecule has 27 heavy (non-hydrogen) atoms. The van der Waals surface area contributed by atoms with Crippen LogP contribution in [0.25, 0.3) is 20.9 Å². The van der Waals surface area contributed by atoms with Gasteiger partial charge in [0.05, 0.1) is 9.85 Å². The zero-order chi connectivity index (χ0) is 19.6. The molecule has 1 aromatic heterocycles. The number of thioether (sulfide) groups is 2. The lowest BCUT2D eigenvalue weighted by atomic mass is 10.1. The van der Waals surface area contributed by atoms with E-state index in [1.165, 1.54) is 0 Å². The smallest absolute Gasteiger partial charge is 0.258 e. The Labute approximate surface area is 167 Å². The van der Waals surface area contributed by atoms with Crippen LogP contribution < -0.4 is 0 Å². The van der Waals surface area contributed by atoms with Crippen molar-refractivity contribution in [3.8, 4) is 20.9 Å². The number of nitro groups is 2. The van der Waals surface area contributed by atoms with E-state index in [0.29, 0.717) is 20.9 Å². The lowest BCUT2D eigenvalue weighted by Gasteiger charge is -2.00. The van der Waals surface area contributed by atoms with Crippen molar-refractivity contribution >= 4 is 46.2 Å². The molecule has 0 spiro atoms. The minimum atomic E-state index is -0.661. The molecule has 9 heteroatoms.